The highest BCUT2D eigenvalue weighted by molar-refractivity contribution is 9.10. The fourth-order valence-electron chi connectivity index (χ4n) is 8.62. The molecule has 0 bridgehead atoms. The van der Waals surface area contributed by atoms with Crippen LogP contribution in [0.15, 0.2) is 107 Å². The van der Waals surface area contributed by atoms with Gasteiger partial charge in [-0.3, -0.25) is 24.1 Å². The van der Waals surface area contributed by atoms with Crippen molar-refractivity contribution in [2.24, 2.45) is 29.1 Å². The highest BCUT2D eigenvalue weighted by atomic mass is 79.9. The lowest BCUT2D eigenvalue weighted by molar-refractivity contribution is -0.131. The molecule has 2 N–H and O–H groups in total. The van der Waals surface area contributed by atoms with Crippen molar-refractivity contribution in [3.63, 3.8) is 0 Å². The minimum absolute atomic E-state index is 0.0648. The van der Waals surface area contributed by atoms with E-state index in [9.17, 15) is 28.7 Å². The van der Waals surface area contributed by atoms with Crippen molar-refractivity contribution in [1.29, 1.82) is 0 Å². The summed E-state index contributed by atoms with van der Waals surface area (Å²) in [7, 11) is 0. The number of para-hydroxylation sites is 1. The zero-order chi connectivity index (χ0) is 35.1. The second-order valence-corrected chi connectivity index (χ2v) is 14.8. The molecule has 0 aromatic heterocycles. The Kier molecular flexibility index (Phi) is 7.72. The second-order valence-electron chi connectivity index (χ2n) is 13.5. The summed E-state index contributed by atoms with van der Waals surface area (Å²) in [5, 5.41) is 14.3. The number of fused-ring (bicyclic) bond motifs is 4. The van der Waals surface area contributed by atoms with Gasteiger partial charge in [0.25, 0.3) is 0 Å². The molecule has 6 atom stereocenters. The molecule has 4 amide bonds. The van der Waals surface area contributed by atoms with Gasteiger partial charge in [-0.2, -0.15) is 0 Å². The number of halogens is 3. The van der Waals surface area contributed by atoms with Crippen molar-refractivity contribution in [2.75, 3.05) is 15.1 Å². The Hall–Kier alpha value is -4.80. The number of phenolic OH excluding ortho intramolecular Hbond substituents is 1. The number of hydrogen-bond acceptors (Lipinski definition) is 6. The molecule has 11 heteroatoms. The molecule has 0 radical (unpaired) electrons. The van der Waals surface area contributed by atoms with E-state index >= 15 is 0 Å². The van der Waals surface area contributed by atoms with E-state index in [4.69, 9.17) is 11.6 Å². The number of allylic oxidation sites excluding steroid dienone is 2. The minimum atomic E-state index is -1.38. The summed E-state index contributed by atoms with van der Waals surface area (Å²) in [4.78, 5) is 59.6. The van der Waals surface area contributed by atoms with Gasteiger partial charge in [0, 0.05) is 27.3 Å². The van der Waals surface area contributed by atoms with E-state index in [2.05, 4.69) is 21.2 Å². The van der Waals surface area contributed by atoms with E-state index in [0.29, 0.717) is 15.7 Å². The largest absolute Gasteiger partial charge is 0.508 e. The SMILES string of the molecule is CC12C(=O)N(c3ccc(F)c(Cl)c3)C(=O)C1CC1C(=CCC3C(=O)N(c4ccc(Nc5ccccc5)cc4)C(=O)C31)C2c1cc(Br)ccc1O. The Balaban J connectivity index is 1.19. The molecule has 2 saturated heterocycles. The normalized spacial score (nSPS) is 27.2. The molecule has 8 nitrogen and oxygen atoms in total. The lowest BCUT2D eigenvalue weighted by atomic mass is 9.51. The molecule has 252 valence electrons. The molecule has 4 aromatic carbocycles. The van der Waals surface area contributed by atoms with Gasteiger partial charge in [0.15, 0.2) is 0 Å². The van der Waals surface area contributed by atoms with Crippen LogP contribution in [0.4, 0.5) is 27.1 Å². The number of aromatic hydroxyl groups is 1. The molecule has 2 heterocycles. The molecule has 50 heavy (non-hydrogen) atoms. The molecule has 6 unspecified atom stereocenters. The third kappa shape index (κ3) is 4.83. The number of anilines is 4. The summed E-state index contributed by atoms with van der Waals surface area (Å²) < 4.78 is 14.8. The van der Waals surface area contributed by atoms with Crippen LogP contribution < -0.4 is 15.1 Å². The minimum Gasteiger partial charge on any atom is -0.508 e. The molecule has 3 fully saturated rings. The van der Waals surface area contributed by atoms with Crippen molar-refractivity contribution >= 4 is 73.9 Å². The molecule has 4 aromatic rings. The first-order valence-corrected chi connectivity index (χ1v) is 17.5. The van der Waals surface area contributed by atoms with Crippen LogP contribution in [0.25, 0.3) is 0 Å². The summed E-state index contributed by atoms with van der Waals surface area (Å²) in [6, 6.07) is 25.3. The Bertz CT molecular complexity index is 2140. The average Bonchev–Trinajstić information content (AvgIpc) is 3.47. The summed E-state index contributed by atoms with van der Waals surface area (Å²) in [6.07, 6.45) is 2.32. The topological polar surface area (TPSA) is 107 Å². The summed E-state index contributed by atoms with van der Waals surface area (Å²) in [6.45, 7) is 1.72. The number of phenols is 1. The number of rotatable bonds is 5. The maximum absolute atomic E-state index is 14.6. The molecule has 1 saturated carbocycles. The number of hydrogen-bond donors (Lipinski definition) is 2. The van der Waals surface area contributed by atoms with Crippen molar-refractivity contribution in [3.05, 3.63) is 124 Å². The lowest BCUT2D eigenvalue weighted by Gasteiger charge is -2.49. The van der Waals surface area contributed by atoms with Gasteiger partial charge in [-0.05, 0) is 98.5 Å². The summed E-state index contributed by atoms with van der Waals surface area (Å²) in [5.74, 6) is -6.16. The number of carbonyl (C=O) groups is 4. The standard InChI is InChI=1S/C39H30BrClFN3O5/c1-39-29(36(48)45(38(39)50)24-12-15-31(42)30(41)18-24)19-27-25(34(39)28-17-20(40)7-16-32(28)46)13-14-26-33(27)37(49)44(35(26)47)23-10-8-22(9-11-23)43-21-5-3-2-4-6-21/h2-13,15-18,26-27,29,33-34,43,46H,14,19H2,1H3. The Morgan fingerprint density at radius 2 is 1.54 bits per heavy atom. The molecular formula is C39H30BrClFN3O5. The Morgan fingerprint density at radius 1 is 0.840 bits per heavy atom. The number of amides is 4. The zero-order valence-corrected chi connectivity index (χ0v) is 29.0. The van der Waals surface area contributed by atoms with E-state index in [1.54, 1.807) is 31.2 Å². The van der Waals surface area contributed by atoms with Gasteiger partial charge in [-0.1, -0.05) is 57.4 Å². The molecular weight excluding hydrogens is 725 g/mol. The van der Waals surface area contributed by atoms with Crippen LogP contribution in [0.1, 0.15) is 31.2 Å². The number of imide groups is 2. The van der Waals surface area contributed by atoms with E-state index in [1.807, 2.05) is 48.5 Å². The summed E-state index contributed by atoms with van der Waals surface area (Å²) in [5.41, 5.74) is 2.06. The van der Waals surface area contributed by atoms with Gasteiger partial charge in [-0.25, -0.2) is 9.29 Å². The van der Waals surface area contributed by atoms with Gasteiger partial charge in [0.1, 0.15) is 11.6 Å². The number of nitrogens with zero attached hydrogens (tertiary/aromatic N) is 2. The second kappa shape index (κ2) is 11.9. The van der Waals surface area contributed by atoms with E-state index in [1.165, 1.54) is 23.1 Å². The zero-order valence-electron chi connectivity index (χ0n) is 26.6. The van der Waals surface area contributed by atoms with E-state index in [-0.39, 0.29) is 41.1 Å². The van der Waals surface area contributed by atoms with Crippen molar-refractivity contribution in [1.82, 2.24) is 0 Å². The Labute approximate surface area is 300 Å². The van der Waals surface area contributed by atoms with Gasteiger partial charge < -0.3 is 10.4 Å². The first kappa shape index (κ1) is 32.4. The monoisotopic (exact) mass is 753 g/mol. The van der Waals surface area contributed by atoms with Crippen molar-refractivity contribution < 1.29 is 28.7 Å². The van der Waals surface area contributed by atoms with Gasteiger partial charge in [-0.15, -0.1) is 0 Å². The number of benzene rings is 4. The third-order valence-electron chi connectivity index (χ3n) is 10.9. The van der Waals surface area contributed by atoms with Crippen molar-refractivity contribution in [2.45, 2.75) is 25.7 Å². The fraction of sp³-hybridized carbons (Fsp3) is 0.231. The van der Waals surface area contributed by atoms with Crippen LogP contribution in [0, 0.1) is 34.9 Å². The molecule has 4 aliphatic rings. The third-order valence-corrected chi connectivity index (χ3v) is 11.7. The van der Waals surface area contributed by atoms with Crippen LogP contribution in [0.5, 0.6) is 5.75 Å². The molecule has 2 aliphatic carbocycles. The maximum atomic E-state index is 14.6. The lowest BCUT2D eigenvalue weighted by Crippen LogP contribution is -2.48. The van der Waals surface area contributed by atoms with E-state index in [0.717, 1.165) is 27.9 Å². The van der Waals surface area contributed by atoms with Crippen LogP contribution in [0.3, 0.4) is 0 Å². The first-order chi connectivity index (χ1) is 24.0. The quantitative estimate of drug-likeness (QED) is 0.158. The highest BCUT2D eigenvalue weighted by Crippen LogP contribution is 2.64. The molecule has 8 rings (SSSR count). The smallest absolute Gasteiger partial charge is 0.241 e. The maximum Gasteiger partial charge on any atom is 0.241 e. The van der Waals surface area contributed by atoms with Gasteiger partial charge in [0.05, 0.1) is 39.6 Å². The predicted molar refractivity (Wildman–Crippen MR) is 190 cm³/mol. The van der Waals surface area contributed by atoms with Gasteiger partial charge in [0.2, 0.25) is 23.6 Å². The molecule has 0 spiro atoms. The average molecular weight is 755 g/mol. The fourth-order valence-corrected chi connectivity index (χ4v) is 9.18. The summed E-state index contributed by atoms with van der Waals surface area (Å²) >= 11 is 9.59. The van der Waals surface area contributed by atoms with Crippen LogP contribution >= 0.6 is 27.5 Å². The van der Waals surface area contributed by atoms with Crippen molar-refractivity contribution in [3.8, 4) is 5.75 Å². The van der Waals surface area contributed by atoms with Crippen LogP contribution in [0.2, 0.25) is 5.02 Å². The number of nitrogens with one attached hydrogen (secondary N) is 1. The predicted octanol–water partition coefficient (Wildman–Crippen LogP) is 8.13. The number of carbonyl (C=O) groups excluding carboxylic acids is 4. The van der Waals surface area contributed by atoms with Crippen LogP contribution in [-0.4, -0.2) is 28.7 Å². The highest BCUT2D eigenvalue weighted by Gasteiger charge is 2.68. The van der Waals surface area contributed by atoms with Crippen LogP contribution in [-0.2, 0) is 19.2 Å². The van der Waals surface area contributed by atoms with E-state index < -0.39 is 52.6 Å². The Morgan fingerprint density at radius 3 is 2.26 bits per heavy atom. The molecule has 2 aliphatic heterocycles. The first-order valence-electron chi connectivity index (χ1n) is 16.3. The van der Waals surface area contributed by atoms with Gasteiger partial charge >= 0.3 is 0 Å².